The fourth-order valence-corrected chi connectivity index (χ4v) is 2.47. The summed E-state index contributed by atoms with van der Waals surface area (Å²) >= 11 is 0. The normalized spacial score (nSPS) is 15.3. The molecule has 2 aromatic rings. The van der Waals surface area contributed by atoms with Crippen molar-refractivity contribution in [3.8, 4) is 0 Å². The highest BCUT2D eigenvalue weighted by molar-refractivity contribution is 5.42. The van der Waals surface area contributed by atoms with E-state index in [0.717, 1.165) is 17.9 Å². The number of hydrogen-bond acceptors (Lipinski definition) is 2. The molecule has 1 saturated carbocycles. The predicted octanol–water partition coefficient (Wildman–Crippen LogP) is 3.52. The molecule has 2 nitrogen and oxygen atoms in total. The second kappa shape index (κ2) is 4.81. The number of rotatable bonds is 3. The average molecular weight is 238 g/mol. The Labute approximate surface area is 108 Å². The van der Waals surface area contributed by atoms with Crippen LogP contribution in [0, 0.1) is 0 Å². The van der Waals surface area contributed by atoms with Crippen molar-refractivity contribution < 1.29 is 0 Å². The molecular formula is C16H18N2. The van der Waals surface area contributed by atoms with Crippen LogP contribution in [0.3, 0.4) is 0 Å². The Morgan fingerprint density at radius 1 is 1.11 bits per heavy atom. The lowest BCUT2D eigenvalue weighted by Crippen LogP contribution is -2.08. The molecule has 1 aromatic carbocycles. The lowest BCUT2D eigenvalue weighted by Gasteiger charge is -2.25. The zero-order valence-electron chi connectivity index (χ0n) is 10.5. The first kappa shape index (κ1) is 11.3. The van der Waals surface area contributed by atoms with E-state index < -0.39 is 0 Å². The van der Waals surface area contributed by atoms with Crippen LogP contribution < -0.4 is 5.73 Å². The standard InChI is InChI=1S/C16H18N2/c17-16-15(5-2-10-18-16)11-12-6-8-14(9-7-12)13-3-1-4-13/h2,5-10,13H,1,3-4,11H2,(H2,17,18). The van der Waals surface area contributed by atoms with Gasteiger partial charge in [-0.2, -0.15) is 0 Å². The zero-order chi connectivity index (χ0) is 12.4. The minimum atomic E-state index is 0.639. The number of benzene rings is 1. The van der Waals surface area contributed by atoms with E-state index >= 15 is 0 Å². The highest BCUT2D eigenvalue weighted by Crippen LogP contribution is 2.36. The molecule has 2 N–H and O–H groups in total. The number of aromatic nitrogens is 1. The molecule has 0 atom stereocenters. The molecule has 2 heteroatoms. The molecule has 3 rings (SSSR count). The van der Waals surface area contributed by atoms with E-state index in [1.54, 1.807) is 6.20 Å². The van der Waals surface area contributed by atoms with Crippen molar-refractivity contribution in [1.29, 1.82) is 0 Å². The summed E-state index contributed by atoms with van der Waals surface area (Å²) in [6.07, 6.45) is 6.70. The summed E-state index contributed by atoms with van der Waals surface area (Å²) in [5.74, 6) is 1.45. The predicted molar refractivity (Wildman–Crippen MR) is 74.5 cm³/mol. The Morgan fingerprint density at radius 3 is 2.50 bits per heavy atom. The number of hydrogen-bond donors (Lipinski definition) is 1. The van der Waals surface area contributed by atoms with Crippen LogP contribution in [0.1, 0.15) is 41.9 Å². The second-order valence-corrected chi connectivity index (χ2v) is 5.09. The average Bonchev–Trinajstić information content (AvgIpc) is 2.32. The summed E-state index contributed by atoms with van der Waals surface area (Å²) in [5, 5.41) is 0. The van der Waals surface area contributed by atoms with Crippen LogP contribution in [0.5, 0.6) is 0 Å². The SMILES string of the molecule is Nc1ncccc1Cc1ccc(C2CCC2)cc1. The molecule has 0 radical (unpaired) electrons. The third-order valence-electron chi connectivity index (χ3n) is 3.88. The fraction of sp³-hybridized carbons (Fsp3) is 0.312. The van der Waals surface area contributed by atoms with Gasteiger partial charge in [0.25, 0.3) is 0 Å². The molecule has 0 amide bonds. The van der Waals surface area contributed by atoms with Crippen molar-refractivity contribution in [1.82, 2.24) is 4.98 Å². The smallest absolute Gasteiger partial charge is 0.126 e. The van der Waals surface area contributed by atoms with E-state index in [1.165, 1.54) is 30.4 Å². The van der Waals surface area contributed by atoms with Crippen molar-refractivity contribution in [2.24, 2.45) is 0 Å². The molecule has 1 aliphatic rings. The van der Waals surface area contributed by atoms with Crippen molar-refractivity contribution in [2.75, 3.05) is 5.73 Å². The van der Waals surface area contributed by atoms with E-state index in [2.05, 4.69) is 29.2 Å². The maximum absolute atomic E-state index is 5.87. The molecular weight excluding hydrogens is 220 g/mol. The van der Waals surface area contributed by atoms with E-state index in [-0.39, 0.29) is 0 Å². The van der Waals surface area contributed by atoms with E-state index in [0.29, 0.717) is 5.82 Å². The minimum absolute atomic E-state index is 0.639. The van der Waals surface area contributed by atoms with Crippen LogP contribution in [0.4, 0.5) is 5.82 Å². The van der Waals surface area contributed by atoms with Crippen LogP contribution >= 0.6 is 0 Å². The lowest BCUT2D eigenvalue weighted by atomic mass is 9.80. The molecule has 0 saturated heterocycles. The topological polar surface area (TPSA) is 38.9 Å². The van der Waals surface area contributed by atoms with Crippen molar-refractivity contribution in [3.63, 3.8) is 0 Å². The van der Waals surface area contributed by atoms with Crippen LogP contribution in [0.2, 0.25) is 0 Å². The van der Waals surface area contributed by atoms with E-state index in [9.17, 15) is 0 Å². The zero-order valence-corrected chi connectivity index (χ0v) is 10.5. The number of nitrogen functional groups attached to an aromatic ring is 1. The molecule has 0 spiro atoms. The van der Waals surface area contributed by atoms with Crippen molar-refractivity contribution in [3.05, 3.63) is 59.3 Å². The molecule has 92 valence electrons. The highest BCUT2D eigenvalue weighted by atomic mass is 14.8. The minimum Gasteiger partial charge on any atom is -0.383 e. The van der Waals surface area contributed by atoms with Crippen LogP contribution in [0.15, 0.2) is 42.6 Å². The van der Waals surface area contributed by atoms with Crippen LogP contribution in [-0.2, 0) is 6.42 Å². The molecule has 1 heterocycles. The van der Waals surface area contributed by atoms with Gasteiger partial charge >= 0.3 is 0 Å². The Hall–Kier alpha value is -1.83. The van der Waals surface area contributed by atoms with Gasteiger partial charge in [-0.25, -0.2) is 4.98 Å². The van der Waals surface area contributed by atoms with Gasteiger partial charge in [0.1, 0.15) is 5.82 Å². The third-order valence-corrected chi connectivity index (χ3v) is 3.88. The monoisotopic (exact) mass is 238 g/mol. The van der Waals surface area contributed by atoms with E-state index in [1.807, 2.05) is 12.1 Å². The first-order chi connectivity index (χ1) is 8.83. The van der Waals surface area contributed by atoms with E-state index in [4.69, 9.17) is 5.73 Å². The summed E-state index contributed by atoms with van der Waals surface area (Å²) in [4.78, 5) is 4.12. The van der Waals surface area contributed by atoms with Gasteiger partial charge in [-0.1, -0.05) is 36.8 Å². The summed E-state index contributed by atoms with van der Waals surface area (Å²) in [5.41, 5.74) is 9.76. The number of nitrogens with zero attached hydrogens (tertiary/aromatic N) is 1. The summed E-state index contributed by atoms with van der Waals surface area (Å²) in [6.45, 7) is 0. The third kappa shape index (κ3) is 2.23. The molecule has 0 unspecified atom stereocenters. The number of anilines is 1. The molecule has 1 aromatic heterocycles. The summed E-state index contributed by atoms with van der Waals surface area (Å²) in [6, 6.07) is 13.0. The van der Waals surface area contributed by atoms with Gasteiger partial charge in [-0.15, -0.1) is 0 Å². The van der Waals surface area contributed by atoms with Gasteiger partial charge in [0.15, 0.2) is 0 Å². The number of nitrogens with two attached hydrogens (primary N) is 1. The largest absolute Gasteiger partial charge is 0.383 e. The Balaban J connectivity index is 1.75. The molecule has 0 bridgehead atoms. The Kier molecular flexibility index (Phi) is 3.01. The Bertz CT molecular complexity index is 527. The first-order valence-corrected chi connectivity index (χ1v) is 6.61. The lowest BCUT2D eigenvalue weighted by molar-refractivity contribution is 0.419. The van der Waals surface area contributed by atoms with Crippen molar-refractivity contribution in [2.45, 2.75) is 31.6 Å². The second-order valence-electron chi connectivity index (χ2n) is 5.09. The highest BCUT2D eigenvalue weighted by Gasteiger charge is 2.18. The van der Waals surface area contributed by atoms with Gasteiger partial charge in [0.2, 0.25) is 0 Å². The maximum Gasteiger partial charge on any atom is 0.126 e. The number of pyridine rings is 1. The summed E-state index contributed by atoms with van der Waals surface area (Å²) < 4.78 is 0. The van der Waals surface area contributed by atoms with Crippen LogP contribution in [-0.4, -0.2) is 4.98 Å². The first-order valence-electron chi connectivity index (χ1n) is 6.61. The van der Waals surface area contributed by atoms with Gasteiger partial charge in [-0.3, -0.25) is 0 Å². The molecule has 1 fully saturated rings. The van der Waals surface area contributed by atoms with Crippen LogP contribution in [0.25, 0.3) is 0 Å². The van der Waals surface area contributed by atoms with Gasteiger partial charge in [0.05, 0.1) is 0 Å². The summed E-state index contributed by atoms with van der Waals surface area (Å²) in [7, 11) is 0. The van der Waals surface area contributed by atoms with Gasteiger partial charge in [-0.05, 0) is 41.5 Å². The van der Waals surface area contributed by atoms with Gasteiger partial charge < -0.3 is 5.73 Å². The molecule has 1 aliphatic carbocycles. The maximum atomic E-state index is 5.87. The fourth-order valence-electron chi connectivity index (χ4n) is 2.47. The van der Waals surface area contributed by atoms with Gasteiger partial charge in [0, 0.05) is 12.6 Å². The molecule has 18 heavy (non-hydrogen) atoms. The Morgan fingerprint density at radius 2 is 1.89 bits per heavy atom. The molecule has 0 aliphatic heterocycles. The quantitative estimate of drug-likeness (QED) is 0.888. The van der Waals surface area contributed by atoms with Crippen molar-refractivity contribution >= 4 is 5.82 Å².